The maximum atomic E-state index is 8.66. The van der Waals surface area contributed by atoms with Crippen LogP contribution < -0.4 is 5.32 Å². The molecule has 0 aromatic heterocycles. The molecule has 2 heteroatoms. The molecule has 0 saturated carbocycles. The molecule has 1 atom stereocenters. The zero-order chi connectivity index (χ0) is 5.82. The van der Waals surface area contributed by atoms with E-state index in [2.05, 4.69) is 5.32 Å². The lowest BCUT2D eigenvalue weighted by Gasteiger charge is -2.17. The maximum absolute atomic E-state index is 8.66. The first-order valence-corrected chi connectivity index (χ1v) is 3.37. The van der Waals surface area contributed by atoms with Crippen molar-refractivity contribution in [2.24, 2.45) is 0 Å². The fraction of sp³-hybridized carbons (Fsp3) is 1.00. The van der Waals surface area contributed by atoms with E-state index in [1.165, 1.54) is 25.8 Å². The molecule has 3 N–H and O–H groups in total. The van der Waals surface area contributed by atoms with Gasteiger partial charge in [0.25, 0.3) is 0 Å². The zero-order valence-corrected chi connectivity index (χ0v) is 5.14. The molecule has 0 radical (unpaired) electrons. The topological polar surface area (TPSA) is 36.8 Å². The number of nitrogens with two attached hydrogens (primary N) is 1. The van der Waals surface area contributed by atoms with Crippen LogP contribution in [0.25, 0.3) is 0 Å². The second kappa shape index (κ2) is 3.05. The van der Waals surface area contributed by atoms with Crippen molar-refractivity contribution in [3.05, 3.63) is 0 Å². The second-order valence-corrected chi connectivity index (χ2v) is 2.46. The van der Waals surface area contributed by atoms with Crippen LogP contribution >= 0.6 is 0 Å². The normalized spacial score (nSPS) is 30.4. The van der Waals surface area contributed by atoms with Crippen molar-refractivity contribution in [2.75, 3.05) is 13.2 Å². The largest absolute Gasteiger partial charge is 0.390 e. The Labute approximate surface area is 49.9 Å². The summed E-state index contributed by atoms with van der Waals surface area (Å²) < 4.78 is 0. The molecule has 8 heavy (non-hydrogen) atoms. The number of hydrogen-bond acceptors (Lipinski definition) is 1. The molecule has 1 rings (SSSR count). The minimum Gasteiger partial charge on any atom is -0.390 e. The highest BCUT2D eigenvalue weighted by molar-refractivity contribution is 4.55. The van der Waals surface area contributed by atoms with Crippen LogP contribution in [0.4, 0.5) is 0 Å². The lowest BCUT2D eigenvalue weighted by molar-refractivity contribution is -0.698. The highest BCUT2D eigenvalue weighted by atomic mass is 16.3. The molecule has 1 heterocycles. The van der Waals surface area contributed by atoms with Gasteiger partial charge in [0.2, 0.25) is 0 Å². The van der Waals surface area contributed by atoms with E-state index in [0.29, 0.717) is 12.6 Å². The molecular formula is C6H14NO+. The molecular weight excluding hydrogens is 102 g/mol. The van der Waals surface area contributed by atoms with Crippen molar-refractivity contribution < 1.29 is 10.4 Å². The van der Waals surface area contributed by atoms with Crippen LogP contribution in [-0.2, 0) is 0 Å². The molecule has 2 nitrogen and oxygen atoms in total. The van der Waals surface area contributed by atoms with Gasteiger partial charge in [-0.05, 0) is 12.8 Å². The summed E-state index contributed by atoms with van der Waals surface area (Å²) in [6.45, 7) is 1.57. The molecule has 0 aliphatic carbocycles. The summed E-state index contributed by atoms with van der Waals surface area (Å²) in [5, 5.41) is 10.9. The van der Waals surface area contributed by atoms with Gasteiger partial charge in [0, 0.05) is 6.42 Å². The Hall–Kier alpha value is -0.0800. The molecule has 0 aromatic rings. The average molecular weight is 116 g/mol. The molecule has 48 valence electrons. The van der Waals surface area contributed by atoms with Crippen LogP contribution in [0.15, 0.2) is 0 Å². The van der Waals surface area contributed by atoms with Crippen molar-refractivity contribution in [2.45, 2.75) is 25.3 Å². The predicted octanol–water partition coefficient (Wildman–Crippen LogP) is -0.905. The number of rotatable bonds is 1. The Morgan fingerprint density at radius 3 is 2.75 bits per heavy atom. The molecule has 0 spiro atoms. The summed E-state index contributed by atoms with van der Waals surface area (Å²) in [6, 6.07) is 0.517. The standard InChI is InChI=1S/C6H13NO/c8-5-6-3-1-2-4-7-6/h6-8H,1-5H2/p+1/t6-/m1/s1. The monoisotopic (exact) mass is 116 g/mol. The van der Waals surface area contributed by atoms with E-state index in [9.17, 15) is 0 Å². The molecule has 1 aliphatic rings. The fourth-order valence-electron chi connectivity index (χ4n) is 1.19. The highest BCUT2D eigenvalue weighted by Crippen LogP contribution is 1.99. The van der Waals surface area contributed by atoms with Gasteiger partial charge in [0.05, 0.1) is 13.2 Å². The van der Waals surface area contributed by atoms with Gasteiger partial charge in [-0.25, -0.2) is 0 Å². The van der Waals surface area contributed by atoms with Crippen LogP contribution in [0.5, 0.6) is 0 Å². The van der Waals surface area contributed by atoms with Gasteiger partial charge in [-0.15, -0.1) is 0 Å². The van der Waals surface area contributed by atoms with Gasteiger partial charge in [0.15, 0.2) is 0 Å². The van der Waals surface area contributed by atoms with Crippen molar-refractivity contribution in [1.29, 1.82) is 0 Å². The Morgan fingerprint density at radius 1 is 1.50 bits per heavy atom. The van der Waals surface area contributed by atoms with E-state index < -0.39 is 0 Å². The Morgan fingerprint density at radius 2 is 2.38 bits per heavy atom. The number of quaternary nitrogens is 1. The lowest BCUT2D eigenvalue weighted by atomic mass is 10.1. The summed E-state index contributed by atoms with van der Waals surface area (Å²) >= 11 is 0. The number of piperidine rings is 1. The smallest absolute Gasteiger partial charge is 0.109 e. The van der Waals surface area contributed by atoms with Crippen LogP contribution in [0.2, 0.25) is 0 Å². The van der Waals surface area contributed by atoms with Crippen LogP contribution in [0.1, 0.15) is 19.3 Å². The molecule has 0 bridgehead atoms. The van der Waals surface area contributed by atoms with Gasteiger partial charge >= 0.3 is 0 Å². The number of aliphatic hydroxyl groups excluding tert-OH is 1. The Balaban J connectivity index is 2.13. The summed E-state index contributed by atoms with van der Waals surface area (Å²) in [5.74, 6) is 0. The van der Waals surface area contributed by atoms with Crippen molar-refractivity contribution in [3.63, 3.8) is 0 Å². The van der Waals surface area contributed by atoms with Crippen LogP contribution in [-0.4, -0.2) is 24.3 Å². The van der Waals surface area contributed by atoms with Crippen molar-refractivity contribution >= 4 is 0 Å². The quantitative estimate of drug-likeness (QED) is 0.457. The van der Waals surface area contributed by atoms with E-state index in [-0.39, 0.29) is 0 Å². The summed E-state index contributed by atoms with van der Waals surface area (Å²) in [6.07, 6.45) is 3.84. The van der Waals surface area contributed by atoms with Gasteiger partial charge in [-0.1, -0.05) is 0 Å². The third-order valence-electron chi connectivity index (χ3n) is 1.76. The van der Waals surface area contributed by atoms with E-state index in [1.54, 1.807) is 0 Å². The van der Waals surface area contributed by atoms with Gasteiger partial charge < -0.3 is 10.4 Å². The molecule has 0 amide bonds. The number of hydrogen-bond donors (Lipinski definition) is 2. The number of aliphatic hydroxyl groups is 1. The molecule has 1 saturated heterocycles. The maximum Gasteiger partial charge on any atom is 0.109 e. The lowest BCUT2D eigenvalue weighted by Crippen LogP contribution is -2.92. The minimum absolute atomic E-state index is 0.361. The molecule has 0 unspecified atom stereocenters. The third-order valence-corrected chi connectivity index (χ3v) is 1.76. The van der Waals surface area contributed by atoms with Crippen molar-refractivity contribution in [1.82, 2.24) is 0 Å². The van der Waals surface area contributed by atoms with Crippen molar-refractivity contribution in [3.8, 4) is 0 Å². The molecule has 0 aromatic carbocycles. The summed E-state index contributed by atoms with van der Waals surface area (Å²) in [7, 11) is 0. The van der Waals surface area contributed by atoms with Crippen LogP contribution in [0, 0.1) is 0 Å². The minimum atomic E-state index is 0.361. The van der Waals surface area contributed by atoms with Gasteiger partial charge in [-0.2, -0.15) is 0 Å². The van der Waals surface area contributed by atoms with Gasteiger partial charge in [-0.3, -0.25) is 0 Å². The van der Waals surface area contributed by atoms with E-state index in [0.717, 1.165) is 0 Å². The second-order valence-electron chi connectivity index (χ2n) is 2.46. The molecule has 1 aliphatic heterocycles. The fourth-order valence-corrected chi connectivity index (χ4v) is 1.19. The Bertz CT molecular complexity index is 59.5. The molecule has 1 fully saturated rings. The Kier molecular flexibility index (Phi) is 2.30. The predicted molar refractivity (Wildman–Crippen MR) is 31.5 cm³/mol. The first-order chi connectivity index (χ1) is 3.93. The third kappa shape index (κ3) is 1.46. The summed E-state index contributed by atoms with van der Waals surface area (Å²) in [4.78, 5) is 0. The SMILES string of the molecule is OC[C@H]1CCCC[NH2+]1. The van der Waals surface area contributed by atoms with E-state index >= 15 is 0 Å². The van der Waals surface area contributed by atoms with Crippen LogP contribution in [0.3, 0.4) is 0 Å². The summed E-state index contributed by atoms with van der Waals surface area (Å²) in [5.41, 5.74) is 0. The highest BCUT2D eigenvalue weighted by Gasteiger charge is 2.13. The zero-order valence-electron chi connectivity index (χ0n) is 5.14. The van der Waals surface area contributed by atoms with E-state index in [4.69, 9.17) is 5.11 Å². The average Bonchev–Trinajstić information content (AvgIpc) is 1.90. The van der Waals surface area contributed by atoms with E-state index in [1.807, 2.05) is 0 Å². The first kappa shape index (κ1) is 6.05. The van der Waals surface area contributed by atoms with Gasteiger partial charge in [0.1, 0.15) is 6.04 Å². The first-order valence-electron chi connectivity index (χ1n) is 3.37.